The van der Waals surface area contributed by atoms with E-state index in [1.165, 1.54) is 0 Å². The highest BCUT2D eigenvalue weighted by atomic mass is 16.5. The minimum atomic E-state index is -0.392. The molecule has 2 N–H and O–H groups in total. The predicted molar refractivity (Wildman–Crippen MR) is 108 cm³/mol. The molecule has 0 unspecified atom stereocenters. The lowest BCUT2D eigenvalue weighted by atomic mass is 10.0. The number of aromatic nitrogens is 1. The van der Waals surface area contributed by atoms with Crippen LogP contribution in [0.4, 0.5) is 0 Å². The van der Waals surface area contributed by atoms with Crippen LogP contribution < -0.4 is 19.9 Å². The first kappa shape index (κ1) is 19.5. The lowest BCUT2D eigenvalue weighted by Crippen LogP contribution is -2.15. The highest BCUT2D eigenvalue weighted by Gasteiger charge is 2.16. The molecule has 0 bridgehead atoms. The van der Waals surface area contributed by atoms with E-state index >= 15 is 0 Å². The molecule has 28 heavy (non-hydrogen) atoms. The molecule has 0 aliphatic rings. The molecule has 1 heterocycles. The fraction of sp³-hybridized carbons (Fsp3) is 0.273. The van der Waals surface area contributed by atoms with Crippen LogP contribution in [-0.4, -0.2) is 32.2 Å². The Morgan fingerprint density at radius 2 is 1.71 bits per heavy atom. The van der Waals surface area contributed by atoms with Crippen molar-refractivity contribution in [3.63, 3.8) is 0 Å². The highest BCUT2D eigenvalue weighted by Crippen LogP contribution is 2.40. The van der Waals surface area contributed by atoms with Gasteiger partial charge < -0.3 is 19.9 Å². The van der Waals surface area contributed by atoms with Crippen molar-refractivity contribution in [3.8, 4) is 17.2 Å². The van der Waals surface area contributed by atoms with Crippen LogP contribution in [-0.2, 0) is 24.1 Å². The number of benzene rings is 2. The first-order chi connectivity index (χ1) is 13.6. The predicted octanol–water partition coefficient (Wildman–Crippen LogP) is 3.07. The summed E-state index contributed by atoms with van der Waals surface area (Å²) in [5, 5.41) is 2.00. The Kier molecular flexibility index (Phi) is 5.99. The van der Waals surface area contributed by atoms with E-state index < -0.39 is 5.91 Å². The first-order valence-corrected chi connectivity index (χ1v) is 9.01. The van der Waals surface area contributed by atoms with Crippen LogP contribution in [0, 0.1) is 0 Å². The van der Waals surface area contributed by atoms with E-state index in [1.54, 1.807) is 21.3 Å². The molecule has 1 aromatic heterocycles. The fourth-order valence-corrected chi connectivity index (χ4v) is 3.38. The number of nitrogens with zero attached hydrogens (tertiary/aromatic N) is 1. The van der Waals surface area contributed by atoms with E-state index in [4.69, 9.17) is 24.9 Å². The minimum absolute atomic E-state index is 0.119. The summed E-state index contributed by atoms with van der Waals surface area (Å²) in [7, 11) is 4.79. The van der Waals surface area contributed by atoms with E-state index in [2.05, 4.69) is 0 Å². The standard InChI is InChI=1S/C22H24N2O4/c1-26-19-11-9-14(21(27-2)22(19)28-3)8-10-16-12-15-6-4-5-7-17(15)18(24-16)13-20(23)25/h4-7,9,11-12H,8,10,13H2,1-3H3,(H2,23,25). The molecule has 0 atom stereocenters. The van der Waals surface area contributed by atoms with Gasteiger partial charge in [-0.3, -0.25) is 9.78 Å². The molecule has 146 valence electrons. The molecule has 0 saturated carbocycles. The highest BCUT2D eigenvalue weighted by molar-refractivity contribution is 5.88. The number of rotatable bonds is 8. The first-order valence-electron chi connectivity index (χ1n) is 9.01. The third kappa shape index (κ3) is 4.01. The Morgan fingerprint density at radius 1 is 0.964 bits per heavy atom. The second kappa shape index (κ2) is 8.61. The average molecular weight is 380 g/mol. The smallest absolute Gasteiger partial charge is 0.223 e. The molecule has 6 heteroatoms. The number of fused-ring (bicyclic) bond motifs is 1. The number of carbonyl (C=O) groups is 1. The zero-order chi connectivity index (χ0) is 20.1. The number of amides is 1. The number of hydrogen-bond acceptors (Lipinski definition) is 5. The number of aryl methyl sites for hydroxylation is 2. The third-order valence-corrected chi connectivity index (χ3v) is 4.65. The maximum absolute atomic E-state index is 11.5. The van der Waals surface area contributed by atoms with Gasteiger partial charge in [-0.05, 0) is 35.9 Å². The van der Waals surface area contributed by atoms with Crippen molar-refractivity contribution in [2.24, 2.45) is 5.73 Å². The summed E-state index contributed by atoms with van der Waals surface area (Å²) < 4.78 is 16.3. The molecule has 3 rings (SSSR count). The van der Waals surface area contributed by atoms with Crippen LogP contribution >= 0.6 is 0 Å². The zero-order valence-corrected chi connectivity index (χ0v) is 16.3. The molecule has 0 spiro atoms. The van der Waals surface area contributed by atoms with Gasteiger partial charge in [0.25, 0.3) is 0 Å². The van der Waals surface area contributed by atoms with Gasteiger partial charge in [0.1, 0.15) is 0 Å². The summed E-state index contributed by atoms with van der Waals surface area (Å²) in [4.78, 5) is 16.1. The Bertz CT molecular complexity index is 1000. The Hall–Kier alpha value is -3.28. The number of ether oxygens (including phenoxy) is 3. The van der Waals surface area contributed by atoms with Crippen LogP contribution in [0.15, 0.2) is 42.5 Å². The summed E-state index contributed by atoms with van der Waals surface area (Å²) in [6.07, 6.45) is 1.50. The minimum Gasteiger partial charge on any atom is -0.493 e. The molecule has 0 fully saturated rings. The Morgan fingerprint density at radius 3 is 2.39 bits per heavy atom. The normalized spacial score (nSPS) is 10.7. The second-order valence-electron chi connectivity index (χ2n) is 6.42. The summed E-state index contributed by atoms with van der Waals surface area (Å²) in [6.45, 7) is 0. The number of nitrogens with two attached hydrogens (primary N) is 1. The largest absolute Gasteiger partial charge is 0.493 e. The second-order valence-corrected chi connectivity index (χ2v) is 6.42. The molecular weight excluding hydrogens is 356 g/mol. The number of primary amides is 1. The molecule has 0 aliphatic carbocycles. The zero-order valence-electron chi connectivity index (χ0n) is 16.3. The van der Waals surface area contributed by atoms with Crippen molar-refractivity contribution < 1.29 is 19.0 Å². The van der Waals surface area contributed by atoms with Gasteiger partial charge in [0.15, 0.2) is 11.5 Å². The molecule has 1 amide bonds. The van der Waals surface area contributed by atoms with Gasteiger partial charge in [0, 0.05) is 11.1 Å². The quantitative estimate of drug-likeness (QED) is 0.649. The maximum Gasteiger partial charge on any atom is 0.223 e. The van der Waals surface area contributed by atoms with Crippen molar-refractivity contribution in [3.05, 3.63) is 59.4 Å². The van der Waals surface area contributed by atoms with E-state index in [9.17, 15) is 4.79 Å². The van der Waals surface area contributed by atoms with Gasteiger partial charge in [0.05, 0.1) is 33.4 Å². The number of carbonyl (C=O) groups excluding carboxylic acids is 1. The van der Waals surface area contributed by atoms with E-state index in [1.807, 2.05) is 42.5 Å². The van der Waals surface area contributed by atoms with E-state index in [0.29, 0.717) is 35.8 Å². The van der Waals surface area contributed by atoms with Crippen LogP contribution in [0.2, 0.25) is 0 Å². The fourth-order valence-electron chi connectivity index (χ4n) is 3.38. The number of pyridine rings is 1. The van der Waals surface area contributed by atoms with Crippen LogP contribution in [0.1, 0.15) is 17.0 Å². The summed E-state index contributed by atoms with van der Waals surface area (Å²) >= 11 is 0. The van der Waals surface area contributed by atoms with Crippen molar-refractivity contribution in [2.75, 3.05) is 21.3 Å². The van der Waals surface area contributed by atoms with Crippen molar-refractivity contribution in [2.45, 2.75) is 19.3 Å². The van der Waals surface area contributed by atoms with Gasteiger partial charge in [-0.2, -0.15) is 0 Å². The topological polar surface area (TPSA) is 83.7 Å². The Labute approximate surface area is 164 Å². The van der Waals surface area contributed by atoms with Gasteiger partial charge >= 0.3 is 0 Å². The molecule has 3 aromatic rings. The molecule has 0 saturated heterocycles. The lowest BCUT2D eigenvalue weighted by Gasteiger charge is -2.16. The average Bonchev–Trinajstić information content (AvgIpc) is 2.70. The molecule has 0 aliphatic heterocycles. The van der Waals surface area contributed by atoms with Gasteiger partial charge in [0.2, 0.25) is 11.7 Å². The van der Waals surface area contributed by atoms with Crippen LogP contribution in [0.5, 0.6) is 17.2 Å². The van der Waals surface area contributed by atoms with Crippen molar-refractivity contribution in [1.82, 2.24) is 4.98 Å². The van der Waals surface area contributed by atoms with Gasteiger partial charge in [-0.1, -0.05) is 30.3 Å². The monoisotopic (exact) mass is 380 g/mol. The van der Waals surface area contributed by atoms with Crippen LogP contribution in [0.3, 0.4) is 0 Å². The molecular formula is C22H24N2O4. The third-order valence-electron chi connectivity index (χ3n) is 4.65. The van der Waals surface area contributed by atoms with Crippen molar-refractivity contribution in [1.29, 1.82) is 0 Å². The van der Waals surface area contributed by atoms with Crippen LogP contribution in [0.25, 0.3) is 10.8 Å². The van der Waals surface area contributed by atoms with Gasteiger partial charge in [-0.15, -0.1) is 0 Å². The number of methoxy groups -OCH3 is 3. The van der Waals surface area contributed by atoms with E-state index in [-0.39, 0.29) is 6.42 Å². The lowest BCUT2D eigenvalue weighted by molar-refractivity contribution is -0.117. The number of hydrogen-bond donors (Lipinski definition) is 1. The summed E-state index contributed by atoms with van der Waals surface area (Å²) in [5.74, 6) is 1.45. The molecule has 6 nitrogen and oxygen atoms in total. The Balaban J connectivity index is 1.93. The van der Waals surface area contributed by atoms with E-state index in [0.717, 1.165) is 22.0 Å². The van der Waals surface area contributed by atoms with Gasteiger partial charge in [-0.25, -0.2) is 0 Å². The maximum atomic E-state index is 11.5. The summed E-state index contributed by atoms with van der Waals surface area (Å²) in [5.41, 5.74) is 8.00. The molecule has 0 radical (unpaired) electrons. The van der Waals surface area contributed by atoms with Crippen molar-refractivity contribution >= 4 is 16.7 Å². The SMILES string of the molecule is COc1ccc(CCc2cc3ccccc3c(CC(N)=O)n2)c(OC)c1OC. The molecule has 2 aromatic carbocycles. The summed E-state index contributed by atoms with van der Waals surface area (Å²) in [6, 6.07) is 13.8.